The van der Waals surface area contributed by atoms with Crippen LogP contribution < -0.4 is 14.4 Å². The van der Waals surface area contributed by atoms with Crippen LogP contribution in [0.15, 0.2) is 77.7 Å². The van der Waals surface area contributed by atoms with Gasteiger partial charge in [-0.3, -0.25) is 13.9 Å². The molecular formula is C30H36ClN3O5S. The molecular weight excluding hydrogens is 550 g/mol. The molecule has 3 aromatic rings. The van der Waals surface area contributed by atoms with E-state index in [-0.39, 0.29) is 17.3 Å². The fourth-order valence-corrected chi connectivity index (χ4v) is 5.95. The first-order valence-electron chi connectivity index (χ1n) is 13.2. The molecule has 3 rings (SSSR count). The third-order valence-electron chi connectivity index (χ3n) is 6.49. The number of methoxy groups -OCH3 is 1. The molecule has 0 saturated heterocycles. The van der Waals surface area contributed by atoms with Crippen LogP contribution in [0.3, 0.4) is 0 Å². The second kappa shape index (κ2) is 14.2. The third kappa shape index (κ3) is 7.55. The van der Waals surface area contributed by atoms with E-state index in [9.17, 15) is 18.0 Å². The van der Waals surface area contributed by atoms with Crippen molar-refractivity contribution in [3.8, 4) is 5.75 Å². The number of nitrogens with one attached hydrogen (secondary N) is 1. The Kier molecular flexibility index (Phi) is 11.0. The summed E-state index contributed by atoms with van der Waals surface area (Å²) in [5, 5.41) is 3.27. The van der Waals surface area contributed by atoms with Gasteiger partial charge in [0.15, 0.2) is 0 Å². The van der Waals surface area contributed by atoms with Gasteiger partial charge in [0.25, 0.3) is 10.0 Å². The van der Waals surface area contributed by atoms with E-state index in [2.05, 4.69) is 5.32 Å². The number of sulfonamides is 1. The van der Waals surface area contributed by atoms with Gasteiger partial charge in [0, 0.05) is 18.1 Å². The Morgan fingerprint density at radius 2 is 1.70 bits per heavy atom. The number of hydrogen-bond acceptors (Lipinski definition) is 5. The molecule has 1 N–H and O–H groups in total. The highest BCUT2D eigenvalue weighted by molar-refractivity contribution is 7.92. The zero-order chi connectivity index (χ0) is 29.3. The fraction of sp³-hybridized carbons (Fsp3) is 0.333. The zero-order valence-corrected chi connectivity index (χ0v) is 24.8. The lowest BCUT2D eigenvalue weighted by atomic mass is 10.1. The van der Waals surface area contributed by atoms with E-state index in [0.29, 0.717) is 35.0 Å². The summed E-state index contributed by atoms with van der Waals surface area (Å²) in [5.41, 5.74) is 1.80. The Morgan fingerprint density at radius 3 is 2.33 bits per heavy atom. The molecule has 0 aliphatic carbocycles. The van der Waals surface area contributed by atoms with Gasteiger partial charge in [-0.2, -0.15) is 0 Å². The summed E-state index contributed by atoms with van der Waals surface area (Å²) in [5.74, 6) is -0.189. The van der Waals surface area contributed by atoms with E-state index in [4.69, 9.17) is 16.3 Å². The second-order valence-electron chi connectivity index (χ2n) is 9.34. The highest BCUT2D eigenvalue weighted by atomic mass is 35.5. The molecule has 0 saturated carbocycles. The topological polar surface area (TPSA) is 96.0 Å². The van der Waals surface area contributed by atoms with Gasteiger partial charge in [-0.05, 0) is 73.4 Å². The minimum absolute atomic E-state index is 0.0000270. The van der Waals surface area contributed by atoms with Crippen molar-refractivity contribution in [2.24, 2.45) is 0 Å². The third-order valence-corrected chi connectivity index (χ3v) is 8.51. The largest absolute Gasteiger partial charge is 0.497 e. The summed E-state index contributed by atoms with van der Waals surface area (Å²) in [7, 11) is -2.61. The molecule has 8 nitrogen and oxygen atoms in total. The van der Waals surface area contributed by atoms with Crippen LogP contribution in [-0.2, 0) is 26.2 Å². The molecule has 0 aliphatic rings. The van der Waals surface area contributed by atoms with Crippen LogP contribution in [-0.4, -0.2) is 51.4 Å². The number of anilines is 1. The molecule has 3 aromatic carbocycles. The van der Waals surface area contributed by atoms with Gasteiger partial charge in [0.2, 0.25) is 11.8 Å². The summed E-state index contributed by atoms with van der Waals surface area (Å²) in [6, 6.07) is 19.2. The van der Waals surface area contributed by atoms with Crippen LogP contribution in [0.4, 0.5) is 5.69 Å². The van der Waals surface area contributed by atoms with Crippen molar-refractivity contribution < 1.29 is 22.7 Å². The Balaban J connectivity index is 2.07. The number of rotatable bonds is 13. The predicted octanol–water partition coefficient (Wildman–Crippen LogP) is 5.19. The van der Waals surface area contributed by atoms with E-state index in [1.165, 1.54) is 29.2 Å². The van der Waals surface area contributed by atoms with Gasteiger partial charge < -0.3 is 15.0 Å². The van der Waals surface area contributed by atoms with Gasteiger partial charge >= 0.3 is 0 Å². The van der Waals surface area contributed by atoms with Gasteiger partial charge in [-0.25, -0.2) is 8.42 Å². The molecule has 2 amide bonds. The van der Waals surface area contributed by atoms with Gasteiger partial charge in [-0.1, -0.05) is 55.8 Å². The number of benzene rings is 3. The Bertz CT molecular complexity index is 1410. The van der Waals surface area contributed by atoms with Crippen LogP contribution in [0, 0.1) is 6.92 Å². The number of halogens is 1. The van der Waals surface area contributed by atoms with Crippen molar-refractivity contribution in [1.82, 2.24) is 10.2 Å². The number of carbonyl (C=O) groups is 2. The zero-order valence-electron chi connectivity index (χ0n) is 23.3. The molecule has 10 heteroatoms. The second-order valence-corrected chi connectivity index (χ2v) is 11.6. The van der Waals surface area contributed by atoms with Crippen molar-refractivity contribution in [3.05, 3.63) is 88.9 Å². The molecule has 0 bridgehead atoms. The molecule has 0 heterocycles. The molecule has 0 spiro atoms. The summed E-state index contributed by atoms with van der Waals surface area (Å²) in [4.78, 5) is 28.7. The van der Waals surface area contributed by atoms with Crippen LogP contribution >= 0.6 is 11.6 Å². The van der Waals surface area contributed by atoms with Crippen molar-refractivity contribution in [1.29, 1.82) is 0 Å². The smallest absolute Gasteiger partial charge is 0.264 e. The van der Waals surface area contributed by atoms with E-state index < -0.39 is 28.5 Å². The average molecular weight is 586 g/mol. The molecule has 0 aliphatic heterocycles. The lowest BCUT2D eigenvalue weighted by Gasteiger charge is -2.33. The molecule has 0 unspecified atom stereocenters. The van der Waals surface area contributed by atoms with E-state index >= 15 is 0 Å². The first-order chi connectivity index (χ1) is 19.1. The minimum atomic E-state index is -4.17. The van der Waals surface area contributed by atoms with Gasteiger partial charge in [0.05, 0.1) is 17.7 Å². The number of hydrogen-bond donors (Lipinski definition) is 1. The number of carbonyl (C=O) groups excluding carboxylic acids is 2. The summed E-state index contributed by atoms with van der Waals surface area (Å²) < 4.78 is 34.3. The minimum Gasteiger partial charge on any atom is -0.497 e. The summed E-state index contributed by atoms with van der Waals surface area (Å²) >= 11 is 6.01. The SMILES string of the molecule is CCCNC(=O)[C@H](CC)N(Cc1cccc(OC)c1)C(=O)CN(c1ccccc1C)S(=O)(=O)c1ccc(Cl)cc1. The average Bonchev–Trinajstić information content (AvgIpc) is 2.95. The maximum Gasteiger partial charge on any atom is 0.264 e. The number of nitrogens with zero attached hydrogens (tertiary/aromatic N) is 2. The molecule has 214 valence electrons. The quantitative estimate of drug-likeness (QED) is 0.298. The monoisotopic (exact) mass is 585 g/mol. The maximum atomic E-state index is 14.1. The molecule has 0 aromatic heterocycles. The number of aryl methyl sites for hydroxylation is 1. The van der Waals surface area contributed by atoms with Crippen molar-refractivity contribution in [2.45, 2.75) is 51.1 Å². The maximum absolute atomic E-state index is 14.1. The first-order valence-corrected chi connectivity index (χ1v) is 15.0. The predicted molar refractivity (Wildman–Crippen MR) is 158 cm³/mol. The van der Waals surface area contributed by atoms with E-state index in [1.807, 2.05) is 19.9 Å². The Labute approximate surface area is 241 Å². The fourth-order valence-electron chi connectivity index (χ4n) is 4.34. The normalized spacial score (nSPS) is 11.9. The van der Waals surface area contributed by atoms with Crippen LogP contribution in [0.5, 0.6) is 5.75 Å². The van der Waals surface area contributed by atoms with Crippen LogP contribution in [0.1, 0.15) is 37.8 Å². The number of ether oxygens (including phenoxy) is 1. The number of amides is 2. The summed E-state index contributed by atoms with van der Waals surface area (Å²) in [6.45, 7) is 5.61. The first kappa shape index (κ1) is 31.0. The van der Waals surface area contributed by atoms with E-state index in [1.54, 1.807) is 56.5 Å². The standard InChI is InChI=1S/C30H36ClN3O5S/c1-5-18-32-30(36)27(6-2)33(20-23-11-9-12-25(19-23)39-4)29(35)21-34(28-13-8-7-10-22(28)3)40(37,38)26-16-14-24(31)15-17-26/h7-17,19,27H,5-6,18,20-21H2,1-4H3,(H,32,36)/t27-/m0/s1. The molecule has 0 radical (unpaired) electrons. The van der Waals surface area contributed by atoms with Crippen LogP contribution in [0.2, 0.25) is 5.02 Å². The van der Waals surface area contributed by atoms with Crippen molar-refractivity contribution in [3.63, 3.8) is 0 Å². The van der Waals surface area contributed by atoms with Gasteiger partial charge in [0.1, 0.15) is 18.3 Å². The van der Waals surface area contributed by atoms with Crippen LogP contribution in [0.25, 0.3) is 0 Å². The Hall–Kier alpha value is -3.56. The Morgan fingerprint density at radius 1 is 1.00 bits per heavy atom. The molecule has 1 atom stereocenters. The van der Waals surface area contributed by atoms with Crippen molar-refractivity contribution in [2.75, 3.05) is 24.5 Å². The lowest BCUT2D eigenvalue weighted by Crippen LogP contribution is -2.52. The van der Waals surface area contributed by atoms with Crippen molar-refractivity contribution >= 4 is 39.1 Å². The highest BCUT2D eigenvalue weighted by Crippen LogP contribution is 2.28. The summed E-state index contributed by atoms with van der Waals surface area (Å²) in [6.07, 6.45) is 1.09. The van der Waals surface area contributed by atoms with E-state index in [0.717, 1.165) is 16.3 Å². The number of para-hydroxylation sites is 1. The molecule has 0 fully saturated rings. The molecule has 40 heavy (non-hydrogen) atoms. The highest BCUT2D eigenvalue weighted by Gasteiger charge is 2.34. The lowest BCUT2D eigenvalue weighted by molar-refractivity contribution is -0.140. The van der Waals surface area contributed by atoms with Gasteiger partial charge in [-0.15, -0.1) is 0 Å².